The molecule has 2 aromatic carbocycles. The van der Waals surface area contributed by atoms with Crippen LogP contribution in [0.3, 0.4) is 0 Å². The third kappa shape index (κ3) is 8.07. The molecule has 3 aliphatic rings. The van der Waals surface area contributed by atoms with Crippen molar-refractivity contribution in [1.29, 1.82) is 0 Å². The smallest absolute Gasteiger partial charge is 0.398 e. The van der Waals surface area contributed by atoms with Crippen LogP contribution in [-0.4, -0.2) is 82.4 Å². The van der Waals surface area contributed by atoms with Gasteiger partial charge < -0.3 is 25.4 Å². The lowest BCUT2D eigenvalue weighted by Crippen LogP contribution is -2.46. The van der Waals surface area contributed by atoms with E-state index in [-0.39, 0.29) is 36.8 Å². The highest BCUT2D eigenvalue weighted by Gasteiger charge is 2.42. The standard InChI is InChI=1S/C36H44F6N6O3/c1-45-12-6-23(7-13-45)24-8-14-47(15-9-24)33(50)25(18-22-19-27(35(37,38)39)32(43)28(20-22)36(40,41)42)21-31(49)46-16-10-26(11-17-46)48-30-5-3-2-4-29(30)44-34(48)51/h2-5,19-20,23-26H,6-18,21,43H2,1H3,(H,44,51)/t25-/m0/s1. The first kappa shape index (κ1) is 36.8. The van der Waals surface area contributed by atoms with Gasteiger partial charge in [-0.05, 0) is 107 Å². The maximum absolute atomic E-state index is 14.1. The van der Waals surface area contributed by atoms with Gasteiger partial charge in [-0.1, -0.05) is 12.1 Å². The number of nitrogens with one attached hydrogen (secondary N) is 1. The summed E-state index contributed by atoms with van der Waals surface area (Å²) in [7, 11) is 2.09. The summed E-state index contributed by atoms with van der Waals surface area (Å²) in [6.07, 6.45) is -6.65. The van der Waals surface area contributed by atoms with Crippen LogP contribution in [0.2, 0.25) is 0 Å². The first-order valence-corrected chi connectivity index (χ1v) is 17.6. The molecule has 0 radical (unpaired) electrons. The fourth-order valence-electron chi connectivity index (χ4n) is 8.33. The van der Waals surface area contributed by atoms with E-state index < -0.39 is 53.3 Å². The van der Waals surface area contributed by atoms with Gasteiger partial charge in [0.15, 0.2) is 0 Å². The molecule has 3 N–H and O–H groups in total. The number of alkyl halides is 6. The number of aromatic amines is 1. The molecule has 4 heterocycles. The fourth-order valence-corrected chi connectivity index (χ4v) is 8.33. The predicted molar refractivity (Wildman–Crippen MR) is 180 cm³/mol. The molecule has 1 atom stereocenters. The van der Waals surface area contributed by atoms with Crippen molar-refractivity contribution in [2.24, 2.45) is 17.8 Å². The van der Waals surface area contributed by atoms with E-state index in [1.165, 1.54) is 0 Å². The van der Waals surface area contributed by atoms with Crippen molar-refractivity contribution >= 4 is 28.5 Å². The highest BCUT2D eigenvalue weighted by molar-refractivity contribution is 5.86. The molecule has 1 aromatic heterocycles. The van der Waals surface area contributed by atoms with E-state index in [0.717, 1.165) is 44.3 Å². The zero-order chi connectivity index (χ0) is 36.7. The van der Waals surface area contributed by atoms with Gasteiger partial charge in [0.25, 0.3) is 0 Å². The van der Waals surface area contributed by atoms with Gasteiger partial charge in [-0.25, -0.2) is 4.79 Å². The van der Waals surface area contributed by atoms with E-state index in [1.54, 1.807) is 20.4 Å². The van der Waals surface area contributed by atoms with Gasteiger partial charge in [-0.3, -0.25) is 14.2 Å². The lowest BCUT2D eigenvalue weighted by Gasteiger charge is -2.40. The van der Waals surface area contributed by atoms with Crippen LogP contribution >= 0.6 is 0 Å². The minimum Gasteiger partial charge on any atom is -0.398 e. The Balaban J connectivity index is 1.20. The Morgan fingerprint density at radius 2 is 1.35 bits per heavy atom. The number of piperidine rings is 3. The minimum atomic E-state index is -5.16. The molecule has 0 aliphatic carbocycles. The highest BCUT2D eigenvalue weighted by Crippen LogP contribution is 2.43. The highest BCUT2D eigenvalue weighted by atomic mass is 19.4. The first-order valence-electron chi connectivity index (χ1n) is 17.6. The quantitative estimate of drug-likeness (QED) is 0.232. The normalized spacial score (nSPS) is 19.9. The van der Waals surface area contributed by atoms with Gasteiger partial charge >= 0.3 is 18.0 Å². The number of nitrogen functional groups attached to an aromatic ring is 1. The van der Waals surface area contributed by atoms with Crippen molar-refractivity contribution in [3.05, 3.63) is 63.6 Å². The number of para-hydroxylation sites is 2. The number of nitrogens with two attached hydrogens (primary N) is 1. The number of nitrogens with zero attached hydrogens (tertiary/aromatic N) is 4. The molecule has 0 bridgehead atoms. The van der Waals surface area contributed by atoms with Crippen LogP contribution in [-0.2, 0) is 28.4 Å². The molecule has 3 fully saturated rings. The first-order chi connectivity index (χ1) is 24.1. The Labute approximate surface area is 291 Å². The molecule has 3 saturated heterocycles. The molecule has 3 aromatic rings. The number of carbonyl (C=O) groups is 2. The summed E-state index contributed by atoms with van der Waals surface area (Å²) < 4.78 is 85.0. The number of amides is 2. The number of rotatable bonds is 7. The molecule has 51 heavy (non-hydrogen) atoms. The van der Waals surface area contributed by atoms with Crippen LogP contribution in [0.1, 0.15) is 67.7 Å². The molecular formula is C36H44F6N6O3. The number of hydrogen-bond donors (Lipinski definition) is 2. The molecule has 0 unspecified atom stereocenters. The Kier molecular flexibility index (Phi) is 10.5. The van der Waals surface area contributed by atoms with Gasteiger partial charge in [-0.15, -0.1) is 0 Å². The Bertz CT molecular complexity index is 1740. The number of carbonyl (C=O) groups excluding carboxylic acids is 2. The van der Waals surface area contributed by atoms with Crippen molar-refractivity contribution in [3.63, 3.8) is 0 Å². The largest absolute Gasteiger partial charge is 0.418 e. The van der Waals surface area contributed by atoms with E-state index in [0.29, 0.717) is 55.4 Å². The maximum Gasteiger partial charge on any atom is 0.418 e. The van der Waals surface area contributed by atoms with Crippen LogP contribution in [0.5, 0.6) is 0 Å². The third-order valence-electron chi connectivity index (χ3n) is 11.2. The number of likely N-dealkylation sites (tertiary alicyclic amines) is 3. The van der Waals surface area contributed by atoms with Crippen LogP contribution < -0.4 is 11.4 Å². The average Bonchev–Trinajstić information content (AvgIpc) is 3.43. The topological polar surface area (TPSA) is 108 Å². The number of fused-ring (bicyclic) bond motifs is 1. The number of halogens is 6. The zero-order valence-electron chi connectivity index (χ0n) is 28.5. The lowest BCUT2D eigenvalue weighted by atomic mass is 9.78. The summed E-state index contributed by atoms with van der Waals surface area (Å²) in [5.74, 6) is -1.09. The third-order valence-corrected chi connectivity index (χ3v) is 11.2. The second kappa shape index (κ2) is 14.5. The van der Waals surface area contributed by atoms with Gasteiger partial charge in [-0.2, -0.15) is 26.3 Å². The van der Waals surface area contributed by atoms with Gasteiger partial charge in [0.2, 0.25) is 11.8 Å². The average molecular weight is 723 g/mol. The second-order valence-electron chi connectivity index (χ2n) is 14.4. The molecule has 9 nitrogen and oxygen atoms in total. The van der Waals surface area contributed by atoms with Gasteiger partial charge in [0.1, 0.15) is 0 Å². The number of anilines is 1. The van der Waals surface area contributed by atoms with E-state index in [1.807, 2.05) is 18.2 Å². The summed E-state index contributed by atoms with van der Waals surface area (Å²) in [5, 5.41) is 0. The number of aromatic nitrogens is 2. The number of imidazole rings is 1. The van der Waals surface area contributed by atoms with E-state index in [2.05, 4.69) is 16.9 Å². The summed E-state index contributed by atoms with van der Waals surface area (Å²) in [6, 6.07) is 8.22. The minimum absolute atomic E-state index is 0.183. The Morgan fingerprint density at radius 3 is 1.92 bits per heavy atom. The Morgan fingerprint density at radius 1 is 0.824 bits per heavy atom. The second-order valence-corrected chi connectivity index (χ2v) is 14.4. The van der Waals surface area contributed by atoms with Crippen molar-refractivity contribution in [2.75, 3.05) is 52.0 Å². The summed E-state index contributed by atoms with van der Waals surface area (Å²) in [6.45, 7) is 3.38. The van der Waals surface area contributed by atoms with Crippen molar-refractivity contribution in [3.8, 4) is 0 Å². The lowest BCUT2D eigenvalue weighted by molar-refractivity contribution is -0.143. The molecular weight excluding hydrogens is 678 g/mol. The summed E-state index contributed by atoms with van der Waals surface area (Å²) in [5.41, 5.74) is 1.52. The van der Waals surface area contributed by atoms with E-state index >= 15 is 0 Å². The monoisotopic (exact) mass is 722 g/mol. The van der Waals surface area contributed by atoms with Crippen molar-refractivity contribution in [2.45, 2.75) is 69.8 Å². The van der Waals surface area contributed by atoms with Crippen LogP contribution in [0.15, 0.2) is 41.2 Å². The van der Waals surface area contributed by atoms with Crippen LogP contribution in [0.4, 0.5) is 32.0 Å². The number of H-pyrrole nitrogens is 1. The predicted octanol–water partition coefficient (Wildman–Crippen LogP) is 5.94. The Hall–Kier alpha value is -4.01. The van der Waals surface area contributed by atoms with Gasteiger partial charge in [0, 0.05) is 38.6 Å². The van der Waals surface area contributed by atoms with Crippen molar-refractivity contribution < 1.29 is 35.9 Å². The summed E-state index contributed by atoms with van der Waals surface area (Å²) >= 11 is 0. The van der Waals surface area contributed by atoms with E-state index in [4.69, 9.17) is 5.73 Å². The fraction of sp³-hybridized carbons (Fsp3) is 0.583. The zero-order valence-corrected chi connectivity index (χ0v) is 28.5. The van der Waals surface area contributed by atoms with Crippen LogP contribution in [0, 0.1) is 17.8 Å². The number of benzene rings is 2. The molecule has 0 saturated carbocycles. The van der Waals surface area contributed by atoms with E-state index in [9.17, 15) is 40.7 Å². The molecule has 2 amide bonds. The summed E-state index contributed by atoms with van der Waals surface area (Å²) in [4.78, 5) is 48.9. The van der Waals surface area contributed by atoms with Gasteiger partial charge in [0.05, 0.1) is 33.8 Å². The van der Waals surface area contributed by atoms with Crippen molar-refractivity contribution in [1.82, 2.24) is 24.3 Å². The maximum atomic E-state index is 14.1. The van der Waals surface area contributed by atoms with Crippen LogP contribution in [0.25, 0.3) is 11.0 Å². The molecule has 278 valence electrons. The molecule has 0 spiro atoms. The molecule has 3 aliphatic heterocycles. The SMILES string of the molecule is CN1CCC(C2CCN(C(=O)[C@H](CC(=O)N3CCC(n4c(=O)[nH]c5ccccc54)CC3)Cc3cc(C(F)(F)F)c(N)c(C(F)(F)F)c3)CC2)CC1. The molecule has 6 rings (SSSR count). The molecule has 15 heteroatoms. The number of hydrogen-bond acceptors (Lipinski definition) is 5.